The Labute approximate surface area is 151 Å². The molecular formula is C18H21ClN4O2. The van der Waals surface area contributed by atoms with Crippen LogP contribution in [0, 0.1) is 5.92 Å². The SMILES string of the molecule is CCC(C)C(NC(=O)c1ccc(Cl)cc1)C(=O)Nc1ccc(N)nc1. The summed E-state index contributed by atoms with van der Waals surface area (Å²) in [5.74, 6) is -0.304. The molecular weight excluding hydrogens is 340 g/mol. The number of rotatable bonds is 6. The molecule has 2 amide bonds. The van der Waals surface area contributed by atoms with E-state index >= 15 is 0 Å². The molecule has 0 bridgehead atoms. The van der Waals surface area contributed by atoms with Crippen LogP contribution in [0.4, 0.5) is 11.5 Å². The summed E-state index contributed by atoms with van der Waals surface area (Å²) in [6.07, 6.45) is 2.21. The Hall–Kier alpha value is -2.60. The smallest absolute Gasteiger partial charge is 0.251 e. The zero-order chi connectivity index (χ0) is 18.4. The van der Waals surface area contributed by atoms with Gasteiger partial charge in [0.2, 0.25) is 5.91 Å². The number of nitrogens with zero attached hydrogens (tertiary/aromatic N) is 1. The van der Waals surface area contributed by atoms with Gasteiger partial charge in [-0.3, -0.25) is 9.59 Å². The van der Waals surface area contributed by atoms with E-state index in [0.717, 1.165) is 6.42 Å². The van der Waals surface area contributed by atoms with E-state index in [-0.39, 0.29) is 17.7 Å². The molecule has 2 rings (SSSR count). The first kappa shape index (κ1) is 18.7. The number of aromatic nitrogens is 1. The van der Waals surface area contributed by atoms with Crippen molar-refractivity contribution in [1.82, 2.24) is 10.3 Å². The van der Waals surface area contributed by atoms with Gasteiger partial charge in [0, 0.05) is 10.6 Å². The largest absolute Gasteiger partial charge is 0.384 e. The minimum absolute atomic E-state index is 0.0435. The fraction of sp³-hybridized carbons (Fsp3) is 0.278. The predicted octanol–water partition coefficient (Wildman–Crippen LogP) is 3.10. The summed E-state index contributed by atoms with van der Waals surface area (Å²) in [6.45, 7) is 3.87. The number of pyridine rings is 1. The number of amides is 2. The normalized spacial score (nSPS) is 12.9. The molecule has 2 aromatic rings. The molecule has 0 aliphatic heterocycles. The zero-order valence-corrected chi connectivity index (χ0v) is 14.9. The van der Waals surface area contributed by atoms with Crippen LogP contribution in [0.3, 0.4) is 0 Å². The van der Waals surface area contributed by atoms with E-state index in [9.17, 15) is 9.59 Å². The van der Waals surface area contributed by atoms with Gasteiger partial charge in [-0.05, 0) is 42.3 Å². The Morgan fingerprint density at radius 3 is 2.44 bits per heavy atom. The molecule has 0 aliphatic rings. The maximum absolute atomic E-state index is 12.6. The number of nitrogen functional groups attached to an aromatic ring is 1. The van der Waals surface area contributed by atoms with Crippen molar-refractivity contribution < 1.29 is 9.59 Å². The molecule has 0 saturated heterocycles. The maximum atomic E-state index is 12.6. The molecule has 4 N–H and O–H groups in total. The van der Waals surface area contributed by atoms with Crippen LogP contribution < -0.4 is 16.4 Å². The topological polar surface area (TPSA) is 97.1 Å². The maximum Gasteiger partial charge on any atom is 0.251 e. The second-order valence-corrected chi connectivity index (χ2v) is 6.24. The van der Waals surface area contributed by atoms with E-state index in [0.29, 0.717) is 22.1 Å². The van der Waals surface area contributed by atoms with E-state index in [2.05, 4.69) is 15.6 Å². The van der Waals surface area contributed by atoms with Crippen molar-refractivity contribution in [1.29, 1.82) is 0 Å². The summed E-state index contributed by atoms with van der Waals surface area (Å²) < 4.78 is 0. The third-order valence-electron chi connectivity index (χ3n) is 3.94. The molecule has 1 aromatic carbocycles. The molecule has 132 valence electrons. The summed E-state index contributed by atoms with van der Waals surface area (Å²) in [7, 11) is 0. The van der Waals surface area contributed by atoms with Gasteiger partial charge >= 0.3 is 0 Å². The number of halogens is 1. The Morgan fingerprint density at radius 1 is 1.20 bits per heavy atom. The van der Waals surface area contributed by atoms with Crippen LogP contribution in [0.25, 0.3) is 0 Å². The number of hydrogen-bond acceptors (Lipinski definition) is 4. The quantitative estimate of drug-likeness (QED) is 0.737. The molecule has 2 atom stereocenters. The van der Waals surface area contributed by atoms with Gasteiger partial charge in [-0.1, -0.05) is 31.9 Å². The first-order valence-electron chi connectivity index (χ1n) is 7.99. The van der Waals surface area contributed by atoms with Gasteiger partial charge in [0.15, 0.2) is 0 Å². The van der Waals surface area contributed by atoms with Crippen molar-refractivity contribution in [3.05, 3.63) is 53.2 Å². The van der Waals surface area contributed by atoms with Crippen LogP contribution in [0.15, 0.2) is 42.6 Å². The van der Waals surface area contributed by atoms with E-state index < -0.39 is 6.04 Å². The lowest BCUT2D eigenvalue weighted by molar-refractivity contribution is -0.119. The highest BCUT2D eigenvalue weighted by molar-refractivity contribution is 6.30. The highest BCUT2D eigenvalue weighted by Gasteiger charge is 2.26. The molecule has 1 heterocycles. The Kier molecular flexibility index (Phi) is 6.36. The van der Waals surface area contributed by atoms with Crippen molar-refractivity contribution in [3.63, 3.8) is 0 Å². The number of benzene rings is 1. The zero-order valence-electron chi connectivity index (χ0n) is 14.1. The van der Waals surface area contributed by atoms with Crippen LogP contribution in [0.1, 0.15) is 30.6 Å². The summed E-state index contributed by atoms with van der Waals surface area (Å²) in [5.41, 5.74) is 6.50. The molecule has 1 aromatic heterocycles. The molecule has 0 spiro atoms. The standard InChI is InChI=1S/C18H21ClN4O2/c1-3-11(2)16(18(25)22-14-8-9-15(20)21-10-14)23-17(24)12-4-6-13(19)7-5-12/h4-11,16H,3H2,1-2H3,(H2,20,21)(H,22,25)(H,23,24). The van der Waals surface area contributed by atoms with E-state index in [1.165, 1.54) is 6.20 Å². The Balaban J connectivity index is 2.11. The van der Waals surface area contributed by atoms with Crippen LogP contribution in [-0.4, -0.2) is 22.8 Å². The van der Waals surface area contributed by atoms with E-state index in [4.69, 9.17) is 17.3 Å². The highest BCUT2D eigenvalue weighted by atomic mass is 35.5. The lowest BCUT2D eigenvalue weighted by Crippen LogP contribution is -2.47. The second-order valence-electron chi connectivity index (χ2n) is 5.80. The molecule has 0 saturated carbocycles. The molecule has 0 fully saturated rings. The molecule has 7 heteroatoms. The van der Waals surface area contributed by atoms with Gasteiger partial charge in [-0.15, -0.1) is 0 Å². The summed E-state index contributed by atoms with van der Waals surface area (Å²) >= 11 is 5.84. The lowest BCUT2D eigenvalue weighted by atomic mass is 9.97. The summed E-state index contributed by atoms with van der Waals surface area (Å²) in [4.78, 5) is 29.0. The van der Waals surface area contributed by atoms with Crippen molar-refractivity contribution in [2.45, 2.75) is 26.3 Å². The number of nitrogens with one attached hydrogen (secondary N) is 2. The third kappa shape index (κ3) is 5.19. The number of hydrogen-bond donors (Lipinski definition) is 3. The van der Waals surface area contributed by atoms with Crippen molar-refractivity contribution in [3.8, 4) is 0 Å². The van der Waals surface area contributed by atoms with Crippen LogP contribution in [-0.2, 0) is 4.79 Å². The fourth-order valence-electron chi connectivity index (χ4n) is 2.23. The van der Waals surface area contributed by atoms with Crippen LogP contribution >= 0.6 is 11.6 Å². The third-order valence-corrected chi connectivity index (χ3v) is 4.19. The minimum atomic E-state index is -0.675. The monoisotopic (exact) mass is 360 g/mol. The van der Waals surface area contributed by atoms with Gasteiger partial charge in [-0.25, -0.2) is 4.98 Å². The van der Waals surface area contributed by atoms with Crippen LogP contribution in [0.5, 0.6) is 0 Å². The average molecular weight is 361 g/mol. The Bertz CT molecular complexity index is 732. The van der Waals surface area contributed by atoms with Gasteiger partial charge in [0.1, 0.15) is 11.9 Å². The minimum Gasteiger partial charge on any atom is -0.384 e. The van der Waals surface area contributed by atoms with Gasteiger partial charge in [0.25, 0.3) is 5.91 Å². The van der Waals surface area contributed by atoms with Gasteiger partial charge < -0.3 is 16.4 Å². The van der Waals surface area contributed by atoms with Gasteiger partial charge in [0.05, 0.1) is 11.9 Å². The summed E-state index contributed by atoms with van der Waals surface area (Å²) in [5, 5.41) is 6.10. The van der Waals surface area contributed by atoms with Crippen molar-refractivity contribution in [2.75, 3.05) is 11.1 Å². The number of anilines is 2. The first-order chi connectivity index (χ1) is 11.9. The van der Waals surface area contributed by atoms with Crippen molar-refractivity contribution in [2.24, 2.45) is 5.92 Å². The molecule has 0 aliphatic carbocycles. The van der Waals surface area contributed by atoms with E-state index in [1.54, 1.807) is 36.4 Å². The number of nitrogens with two attached hydrogens (primary N) is 1. The molecule has 25 heavy (non-hydrogen) atoms. The first-order valence-corrected chi connectivity index (χ1v) is 8.37. The lowest BCUT2D eigenvalue weighted by Gasteiger charge is -2.23. The van der Waals surface area contributed by atoms with Crippen LogP contribution in [0.2, 0.25) is 5.02 Å². The Morgan fingerprint density at radius 2 is 1.88 bits per heavy atom. The summed E-state index contributed by atoms with van der Waals surface area (Å²) in [6, 6.07) is 9.09. The highest BCUT2D eigenvalue weighted by Crippen LogP contribution is 2.14. The molecule has 2 unspecified atom stereocenters. The van der Waals surface area contributed by atoms with Gasteiger partial charge in [-0.2, -0.15) is 0 Å². The molecule has 6 nitrogen and oxygen atoms in total. The fourth-order valence-corrected chi connectivity index (χ4v) is 2.35. The average Bonchev–Trinajstić information content (AvgIpc) is 2.61. The number of carbonyl (C=O) groups is 2. The number of carbonyl (C=O) groups excluding carboxylic acids is 2. The molecule has 0 radical (unpaired) electrons. The second kappa shape index (κ2) is 8.48. The van der Waals surface area contributed by atoms with E-state index in [1.807, 2.05) is 13.8 Å². The van der Waals surface area contributed by atoms with Crippen molar-refractivity contribution >= 4 is 34.9 Å². The predicted molar refractivity (Wildman–Crippen MR) is 99.4 cm³/mol.